The topological polar surface area (TPSA) is 81.4 Å². The van der Waals surface area contributed by atoms with Crippen LogP contribution < -0.4 is 10.5 Å². The Morgan fingerprint density at radius 1 is 1.42 bits per heavy atom. The van der Waals surface area contributed by atoms with E-state index in [1.807, 2.05) is 0 Å². The van der Waals surface area contributed by atoms with Gasteiger partial charge in [-0.3, -0.25) is 0 Å². The number of nitrogens with one attached hydrogen (secondary N) is 1. The van der Waals surface area contributed by atoms with E-state index in [9.17, 15) is 8.42 Å². The Bertz CT molecular complexity index is 563. The maximum atomic E-state index is 12.4. The maximum absolute atomic E-state index is 12.4. The number of nitrogens with two attached hydrogens (primary N) is 1. The number of sulfonamides is 1. The van der Waals surface area contributed by atoms with Gasteiger partial charge in [0.25, 0.3) is 0 Å². The van der Waals surface area contributed by atoms with Crippen molar-refractivity contribution in [3.63, 3.8) is 0 Å². The fraction of sp³-hybridized carbons (Fsp3) is 0.538. The fourth-order valence-corrected chi connectivity index (χ4v) is 3.90. The summed E-state index contributed by atoms with van der Waals surface area (Å²) in [4.78, 5) is 0.283. The Hall–Kier alpha value is -1.11. The van der Waals surface area contributed by atoms with E-state index in [0.717, 1.165) is 12.8 Å². The zero-order valence-electron chi connectivity index (χ0n) is 11.3. The second-order valence-corrected chi connectivity index (χ2v) is 6.62. The highest BCUT2D eigenvalue weighted by atomic mass is 32.2. The lowest BCUT2D eigenvalue weighted by Gasteiger charge is -2.15. The van der Waals surface area contributed by atoms with E-state index >= 15 is 0 Å². The number of rotatable bonds is 4. The van der Waals surface area contributed by atoms with Crippen molar-refractivity contribution in [2.75, 3.05) is 18.9 Å². The molecule has 106 valence electrons. The first kappa shape index (κ1) is 14.3. The highest BCUT2D eigenvalue weighted by Crippen LogP contribution is 2.24. The van der Waals surface area contributed by atoms with Crippen molar-refractivity contribution in [2.45, 2.75) is 37.7 Å². The summed E-state index contributed by atoms with van der Waals surface area (Å²) in [5, 5.41) is 0. The van der Waals surface area contributed by atoms with Crippen LogP contribution in [-0.2, 0) is 14.8 Å². The van der Waals surface area contributed by atoms with Crippen molar-refractivity contribution >= 4 is 15.7 Å². The van der Waals surface area contributed by atoms with E-state index in [0.29, 0.717) is 30.0 Å². The molecule has 1 aliphatic heterocycles. The predicted molar refractivity (Wildman–Crippen MR) is 74.5 cm³/mol. The van der Waals surface area contributed by atoms with E-state index in [1.54, 1.807) is 26.0 Å². The first-order valence-corrected chi connectivity index (χ1v) is 7.87. The molecule has 1 aliphatic rings. The molecule has 1 atom stereocenters. The molecule has 5 nitrogen and oxygen atoms in total. The summed E-state index contributed by atoms with van der Waals surface area (Å²) in [7, 11) is -3.54. The number of benzene rings is 1. The third-order valence-corrected chi connectivity index (χ3v) is 5.15. The molecular weight excluding hydrogens is 264 g/mol. The molecule has 1 saturated heterocycles. The Labute approximate surface area is 114 Å². The molecule has 0 bridgehead atoms. The zero-order chi connectivity index (χ0) is 14.0. The molecule has 19 heavy (non-hydrogen) atoms. The molecule has 0 aromatic heterocycles. The molecule has 6 heteroatoms. The second-order valence-electron chi connectivity index (χ2n) is 4.91. The molecule has 1 aromatic rings. The molecule has 0 radical (unpaired) electrons. The summed E-state index contributed by atoms with van der Waals surface area (Å²) in [6.07, 6.45) is 1.87. The van der Waals surface area contributed by atoms with E-state index in [1.165, 1.54) is 0 Å². The molecule has 0 spiro atoms. The number of anilines is 1. The van der Waals surface area contributed by atoms with Gasteiger partial charge < -0.3 is 10.5 Å². The molecule has 1 unspecified atom stereocenters. The van der Waals surface area contributed by atoms with Crippen LogP contribution in [0.4, 0.5) is 5.69 Å². The number of ether oxygens (including phenoxy) is 1. The van der Waals surface area contributed by atoms with Gasteiger partial charge in [0, 0.05) is 18.8 Å². The van der Waals surface area contributed by atoms with Gasteiger partial charge in [-0.05, 0) is 43.9 Å². The fourth-order valence-electron chi connectivity index (χ4n) is 2.34. The summed E-state index contributed by atoms with van der Waals surface area (Å²) in [6.45, 7) is 4.52. The van der Waals surface area contributed by atoms with Crippen molar-refractivity contribution in [3.05, 3.63) is 23.3 Å². The lowest BCUT2D eigenvalue weighted by molar-refractivity contribution is 0.114. The quantitative estimate of drug-likeness (QED) is 0.818. The lowest BCUT2D eigenvalue weighted by Crippen LogP contribution is -2.32. The summed E-state index contributed by atoms with van der Waals surface area (Å²) in [6, 6.07) is 3.45. The van der Waals surface area contributed by atoms with E-state index < -0.39 is 10.0 Å². The monoisotopic (exact) mass is 284 g/mol. The van der Waals surface area contributed by atoms with Crippen molar-refractivity contribution in [2.24, 2.45) is 0 Å². The molecule has 1 aromatic carbocycles. The highest BCUT2D eigenvalue weighted by molar-refractivity contribution is 7.89. The van der Waals surface area contributed by atoms with Gasteiger partial charge in [-0.1, -0.05) is 6.07 Å². The zero-order valence-corrected chi connectivity index (χ0v) is 12.1. The first-order valence-electron chi connectivity index (χ1n) is 6.39. The molecule has 3 N–H and O–H groups in total. The lowest BCUT2D eigenvalue weighted by atomic mass is 10.1. The maximum Gasteiger partial charge on any atom is 0.241 e. The first-order chi connectivity index (χ1) is 8.92. The normalized spacial score (nSPS) is 19.8. The molecule has 0 amide bonds. The van der Waals surface area contributed by atoms with Gasteiger partial charge in [-0.15, -0.1) is 0 Å². The minimum absolute atomic E-state index is 0.0172. The Kier molecular flexibility index (Phi) is 4.13. The SMILES string of the molecule is Cc1ccc(N)c(C)c1S(=O)(=O)NCC1CCCO1. The molecule has 0 aliphatic carbocycles. The van der Waals surface area contributed by atoms with Crippen LogP contribution in [0.15, 0.2) is 17.0 Å². The van der Waals surface area contributed by atoms with Crippen LogP contribution in [0.5, 0.6) is 0 Å². The van der Waals surface area contributed by atoms with Gasteiger partial charge in [0.2, 0.25) is 10.0 Å². The van der Waals surface area contributed by atoms with Crippen LogP contribution in [0.25, 0.3) is 0 Å². The number of hydrogen-bond donors (Lipinski definition) is 2. The van der Waals surface area contributed by atoms with Gasteiger partial charge in [0.1, 0.15) is 0 Å². The molecule has 0 saturated carbocycles. The molecule has 2 rings (SSSR count). The van der Waals surface area contributed by atoms with Crippen LogP contribution in [0.2, 0.25) is 0 Å². The average molecular weight is 284 g/mol. The minimum Gasteiger partial charge on any atom is -0.398 e. The predicted octanol–water partition coefficient (Wildman–Crippen LogP) is 1.34. The Morgan fingerprint density at radius 2 is 2.16 bits per heavy atom. The van der Waals surface area contributed by atoms with Crippen LogP contribution in [0, 0.1) is 13.8 Å². The standard InChI is InChI=1S/C13H20N2O3S/c1-9-5-6-12(14)10(2)13(9)19(16,17)15-8-11-4-3-7-18-11/h5-6,11,15H,3-4,7-8,14H2,1-2H3. The van der Waals surface area contributed by atoms with Crippen LogP contribution in [0.1, 0.15) is 24.0 Å². The van der Waals surface area contributed by atoms with Crippen molar-refractivity contribution in [3.8, 4) is 0 Å². The van der Waals surface area contributed by atoms with Crippen LogP contribution in [0.3, 0.4) is 0 Å². The largest absolute Gasteiger partial charge is 0.398 e. The van der Waals surface area contributed by atoms with Gasteiger partial charge in [-0.2, -0.15) is 0 Å². The number of nitrogen functional groups attached to an aromatic ring is 1. The van der Waals surface area contributed by atoms with Crippen molar-refractivity contribution in [1.82, 2.24) is 4.72 Å². The van der Waals surface area contributed by atoms with Crippen LogP contribution in [-0.4, -0.2) is 27.7 Å². The third kappa shape index (κ3) is 3.08. The van der Waals surface area contributed by atoms with E-state index in [4.69, 9.17) is 10.5 Å². The van der Waals surface area contributed by atoms with Crippen molar-refractivity contribution in [1.29, 1.82) is 0 Å². The van der Waals surface area contributed by atoms with Gasteiger partial charge in [0.05, 0.1) is 11.0 Å². The van der Waals surface area contributed by atoms with E-state index in [2.05, 4.69) is 4.72 Å². The minimum atomic E-state index is -3.54. The Morgan fingerprint density at radius 3 is 2.79 bits per heavy atom. The summed E-state index contributed by atoms with van der Waals surface area (Å²) in [5.41, 5.74) is 7.57. The highest BCUT2D eigenvalue weighted by Gasteiger charge is 2.23. The van der Waals surface area contributed by atoms with Gasteiger partial charge in [0.15, 0.2) is 0 Å². The van der Waals surface area contributed by atoms with E-state index in [-0.39, 0.29) is 11.0 Å². The third-order valence-electron chi connectivity index (χ3n) is 3.44. The average Bonchev–Trinajstić information content (AvgIpc) is 2.85. The molecule has 1 fully saturated rings. The Balaban J connectivity index is 2.21. The smallest absolute Gasteiger partial charge is 0.241 e. The second kappa shape index (κ2) is 5.48. The summed E-state index contributed by atoms with van der Waals surface area (Å²) < 4.78 is 32.8. The van der Waals surface area contributed by atoms with Gasteiger partial charge in [-0.25, -0.2) is 13.1 Å². The summed E-state index contributed by atoms with van der Waals surface area (Å²) >= 11 is 0. The molecular formula is C13H20N2O3S. The van der Waals surface area contributed by atoms with Crippen LogP contribution >= 0.6 is 0 Å². The number of hydrogen-bond acceptors (Lipinski definition) is 4. The number of aryl methyl sites for hydroxylation is 1. The molecule has 1 heterocycles. The summed E-state index contributed by atoms with van der Waals surface area (Å²) in [5.74, 6) is 0. The van der Waals surface area contributed by atoms with Gasteiger partial charge >= 0.3 is 0 Å². The van der Waals surface area contributed by atoms with Crippen molar-refractivity contribution < 1.29 is 13.2 Å².